The Labute approximate surface area is 127 Å². The summed E-state index contributed by atoms with van der Waals surface area (Å²) in [6.07, 6.45) is 9.86. The summed E-state index contributed by atoms with van der Waals surface area (Å²) >= 11 is 0. The summed E-state index contributed by atoms with van der Waals surface area (Å²) in [5.41, 5.74) is 5.20. The van der Waals surface area contributed by atoms with Crippen LogP contribution in [0.25, 0.3) is 0 Å². The van der Waals surface area contributed by atoms with Crippen molar-refractivity contribution in [2.24, 2.45) is 11.1 Å². The number of amides is 1. The first-order chi connectivity index (χ1) is 10.1. The van der Waals surface area contributed by atoms with E-state index < -0.39 is 5.97 Å². The summed E-state index contributed by atoms with van der Waals surface area (Å²) in [4.78, 5) is 22.9. The quantitative estimate of drug-likeness (QED) is 0.540. The molecule has 1 amide bonds. The first kappa shape index (κ1) is 18.0. The van der Waals surface area contributed by atoms with Crippen molar-refractivity contribution in [3.63, 3.8) is 0 Å². The van der Waals surface area contributed by atoms with Crippen LogP contribution in [0.5, 0.6) is 0 Å². The van der Waals surface area contributed by atoms with Gasteiger partial charge in [0.15, 0.2) is 0 Å². The Hall–Kier alpha value is -1.10. The van der Waals surface area contributed by atoms with E-state index in [1.807, 2.05) is 0 Å². The van der Waals surface area contributed by atoms with Crippen LogP contribution in [0, 0.1) is 5.41 Å². The van der Waals surface area contributed by atoms with Crippen molar-refractivity contribution in [2.75, 3.05) is 13.1 Å². The van der Waals surface area contributed by atoms with Gasteiger partial charge in [-0.1, -0.05) is 32.1 Å². The summed E-state index contributed by atoms with van der Waals surface area (Å²) < 4.78 is 0. The lowest BCUT2D eigenvalue weighted by molar-refractivity contribution is -0.140. The third kappa shape index (κ3) is 7.46. The van der Waals surface area contributed by atoms with Crippen molar-refractivity contribution < 1.29 is 14.7 Å². The standard InChI is InChI=1S/C16H30N2O3/c17-11-7-2-1-4-8-14(19)18-13-16(12-15(20)21)9-5-3-6-10-16/h1-13,17H2,(H,18,19)(H,20,21). The second kappa shape index (κ2) is 9.77. The number of unbranched alkanes of at least 4 members (excludes halogenated alkanes) is 3. The highest BCUT2D eigenvalue weighted by atomic mass is 16.4. The molecule has 5 nitrogen and oxygen atoms in total. The zero-order chi connectivity index (χ0) is 15.6. The first-order valence-corrected chi connectivity index (χ1v) is 8.26. The van der Waals surface area contributed by atoms with Gasteiger partial charge in [-0.3, -0.25) is 9.59 Å². The van der Waals surface area contributed by atoms with E-state index in [2.05, 4.69) is 5.32 Å². The van der Waals surface area contributed by atoms with E-state index >= 15 is 0 Å². The second-order valence-corrected chi connectivity index (χ2v) is 6.36. The molecule has 1 aliphatic carbocycles. The van der Waals surface area contributed by atoms with Gasteiger partial charge >= 0.3 is 5.97 Å². The highest BCUT2D eigenvalue weighted by Crippen LogP contribution is 2.38. The highest BCUT2D eigenvalue weighted by molar-refractivity contribution is 5.76. The van der Waals surface area contributed by atoms with Crippen LogP contribution in [-0.4, -0.2) is 30.1 Å². The molecule has 0 radical (unpaired) electrons. The third-order valence-electron chi connectivity index (χ3n) is 4.46. The van der Waals surface area contributed by atoms with Crippen molar-refractivity contribution in [3.05, 3.63) is 0 Å². The fourth-order valence-corrected chi connectivity index (χ4v) is 3.20. The highest BCUT2D eigenvalue weighted by Gasteiger charge is 2.34. The molecule has 0 saturated heterocycles. The fraction of sp³-hybridized carbons (Fsp3) is 0.875. The van der Waals surface area contributed by atoms with Gasteiger partial charge in [-0.15, -0.1) is 0 Å². The Balaban J connectivity index is 2.28. The molecular weight excluding hydrogens is 268 g/mol. The minimum absolute atomic E-state index is 0.0538. The molecular formula is C16H30N2O3. The van der Waals surface area contributed by atoms with Crippen LogP contribution in [0.4, 0.5) is 0 Å². The molecule has 1 rings (SSSR count). The van der Waals surface area contributed by atoms with Gasteiger partial charge in [-0.25, -0.2) is 0 Å². The Kier molecular flexibility index (Phi) is 8.35. The van der Waals surface area contributed by atoms with Gasteiger partial charge in [-0.2, -0.15) is 0 Å². The van der Waals surface area contributed by atoms with Crippen LogP contribution in [0.3, 0.4) is 0 Å². The fourth-order valence-electron chi connectivity index (χ4n) is 3.20. The zero-order valence-electron chi connectivity index (χ0n) is 13.0. The van der Waals surface area contributed by atoms with E-state index in [4.69, 9.17) is 10.8 Å². The lowest BCUT2D eigenvalue weighted by Crippen LogP contribution is -2.40. The Morgan fingerprint density at radius 1 is 1.05 bits per heavy atom. The molecule has 0 heterocycles. The largest absolute Gasteiger partial charge is 0.481 e. The molecule has 0 aromatic carbocycles. The smallest absolute Gasteiger partial charge is 0.303 e. The summed E-state index contributed by atoms with van der Waals surface area (Å²) in [5, 5.41) is 12.1. The molecule has 0 bridgehead atoms. The normalized spacial score (nSPS) is 17.4. The number of aliphatic carboxylic acids is 1. The van der Waals surface area contributed by atoms with Crippen LogP contribution >= 0.6 is 0 Å². The molecule has 0 aromatic rings. The lowest BCUT2D eigenvalue weighted by atomic mass is 9.71. The zero-order valence-corrected chi connectivity index (χ0v) is 13.0. The van der Waals surface area contributed by atoms with Gasteiger partial charge in [0, 0.05) is 13.0 Å². The van der Waals surface area contributed by atoms with Crippen LogP contribution in [-0.2, 0) is 9.59 Å². The van der Waals surface area contributed by atoms with Crippen molar-refractivity contribution >= 4 is 11.9 Å². The average Bonchev–Trinajstić information content (AvgIpc) is 2.45. The van der Waals surface area contributed by atoms with Crippen molar-refractivity contribution in [1.29, 1.82) is 0 Å². The maximum absolute atomic E-state index is 11.9. The molecule has 0 unspecified atom stereocenters. The van der Waals surface area contributed by atoms with Gasteiger partial charge in [0.2, 0.25) is 5.91 Å². The first-order valence-electron chi connectivity index (χ1n) is 8.26. The minimum Gasteiger partial charge on any atom is -0.481 e. The molecule has 5 heteroatoms. The number of carboxylic acid groups (broad SMARTS) is 1. The van der Waals surface area contributed by atoms with Crippen molar-refractivity contribution in [2.45, 2.75) is 70.6 Å². The number of nitrogens with one attached hydrogen (secondary N) is 1. The number of carbonyl (C=O) groups is 2. The van der Waals surface area contributed by atoms with Crippen LogP contribution in [0.1, 0.15) is 70.6 Å². The third-order valence-corrected chi connectivity index (χ3v) is 4.46. The molecule has 4 N–H and O–H groups in total. The number of carboxylic acids is 1. The Morgan fingerprint density at radius 3 is 2.33 bits per heavy atom. The van der Waals surface area contributed by atoms with Crippen LogP contribution < -0.4 is 11.1 Å². The Morgan fingerprint density at radius 2 is 1.71 bits per heavy atom. The number of hydrogen-bond donors (Lipinski definition) is 3. The topological polar surface area (TPSA) is 92.4 Å². The summed E-state index contributed by atoms with van der Waals surface area (Å²) in [5.74, 6) is -0.703. The number of nitrogens with two attached hydrogens (primary N) is 1. The van der Waals surface area contributed by atoms with Gasteiger partial charge in [0.1, 0.15) is 0 Å². The van der Waals surface area contributed by atoms with Crippen LogP contribution in [0.2, 0.25) is 0 Å². The number of carbonyl (C=O) groups excluding carboxylic acids is 1. The summed E-state index contributed by atoms with van der Waals surface area (Å²) in [6, 6.07) is 0. The molecule has 0 aromatic heterocycles. The molecule has 1 aliphatic rings. The molecule has 1 fully saturated rings. The second-order valence-electron chi connectivity index (χ2n) is 6.36. The average molecular weight is 298 g/mol. The van der Waals surface area contributed by atoms with E-state index in [1.165, 1.54) is 6.42 Å². The minimum atomic E-state index is -0.757. The maximum atomic E-state index is 11.9. The molecule has 1 saturated carbocycles. The molecule has 0 spiro atoms. The monoisotopic (exact) mass is 298 g/mol. The lowest BCUT2D eigenvalue weighted by Gasteiger charge is -2.36. The number of hydrogen-bond acceptors (Lipinski definition) is 3. The predicted molar refractivity (Wildman–Crippen MR) is 82.9 cm³/mol. The van der Waals surface area contributed by atoms with Crippen LogP contribution in [0.15, 0.2) is 0 Å². The van der Waals surface area contributed by atoms with Gasteiger partial charge < -0.3 is 16.2 Å². The van der Waals surface area contributed by atoms with Crippen molar-refractivity contribution in [3.8, 4) is 0 Å². The van der Waals surface area contributed by atoms with E-state index in [-0.39, 0.29) is 17.7 Å². The SMILES string of the molecule is NCCCCCCC(=O)NCC1(CC(=O)O)CCCCC1. The van der Waals surface area contributed by atoms with E-state index in [0.717, 1.165) is 51.4 Å². The van der Waals surface area contributed by atoms with Gasteiger partial charge in [0.25, 0.3) is 0 Å². The maximum Gasteiger partial charge on any atom is 0.303 e. The predicted octanol–water partition coefficient (Wildman–Crippen LogP) is 2.44. The van der Waals surface area contributed by atoms with E-state index in [9.17, 15) is 9.59 Å². The molecule has 21 heavy (non-hydrogen) atoms. The molecule has 0 aliphatic heterocycles. The summed E-state index contributed by atoms with van der Waals surface area (Å²) in [6.45, 7) is 1.23. The molecule has 122 valence electrons. The molecule has 0 atom stereocenters. The number of rotatable bonds is 10. The summed E-state index contributed by atoms with van der Waals surface area (Å²) in [7, 11) is 0. The Bertz CT molecular complexity index is 325. The van der Waals surface area contributed by atoms with Crippen molar-refractivity contribution in [1.82, 2.24) is 5.32 Å². The van der Waals surface area contributed by atoms with E-state index in [0.29, 0.717) is 19.5 Å². The van der Waals surface area contributed by atoms with Gasteiger partial charge in [-0.05, 0) is 37.6 Å². The van der Waals surface area contributed by atoms with E-state index in [1.54, 1.807) is 0 Å². The van der Waals surface area contributed by atoms with Gasteiger partial charge in [0.05, 0.1) is 6.42 Å².